The van der Waals surface area contributed by atoms with Gasteiger partial charge in [-0.05, 0) is 30.7 Å². The van der Waals surface area contributed by atoms with Gasteiger partial charge < -0.3 is 5.32 Å². The molecule has 19 heavy (non-hydrogen) atoms. The molecule has 0 radical (unpaired) electrons. The summed E-state index contributed by atoms with van der Waals surface area (Å²) in [5.74, 6) is -0.285. The summed E-state index contributed by atoms with van der Waals surface area (Å²) in [6.07, 6.45) is 0. The monoisotopic (exact) mass is 254 g/mol. The van der Waals surface area contributed by atoms with E-state index in [0.717, 1.165) is 5.56 Å². The summed E-state index contributed by atoms with van der Waals surface area (Å²) in [4.78, 5) is 0. The molecular formula is C16H15FN2. The molecule has 0 bridgehead atoms. The summed E-state index contributed by atoms with van der Waals surface area (Å²) in [6, 6.07) is 16.5. The van der Waals surface area contributed by atoms with E-state index in [4.69, 9.17) is 5.26 Å². The predicted molar refractivity (Wildman–Crippen MR) is 72.8 cm³/mol. The normalized spacial score (nSPS) is 11.8. The van der Waals surface area contributed by atoms with Crippen molar-refractivity contribution in [3.63, 3.8) is 0 Å². The van der Waals surface area contributed by atoms with Gasteiger partial charge in [0.05, 0.1) is 11.6 Å². The van der Waals surface area contributed by atoms with Crippen molar-refractivity contribution in [2.45, 2.75) is 19.5 Å². The number of nitrogens with one attached hydrogen (secondary N) is 1. The first-order valence-corrected chi connectivity index (χ1v) is 6.17. The minimum atomic E-state index is -0.285. The molecule has 96 valence electrons. The first kappa shape index (κ1) is 13.3. The van der Waals surface area contributed by atoms with Gasteiger partial charge in [-0.3, -0.25) is 0 Å². The number of nitriles is 1. The zero-order chi connectivity index (χ0) is 13.7. The van der Waals surface area contributed by atoms with Crippen LogP contribution in [0.2, 0.25) is 0 Å². The minimum Gasteiger partial charge on any atom is -0.306 e. The van der Waals surface area contributed by atoms with Crippen molar-refractivity contribution in [2.75, 3.05) is 0 Å². The summed E-state index contributed by atoms with van der Waals surface area (Å²) >= 11 is 0. The maximum Gasteiger partial charge on any atom is 0.127 e. The second-order valence-electron chi connectivity index (χ2n) is 4.43. The molecular weight excluding hydrogens is 239 g/mol. The van der Waals surface area contributed by atoms with Gasteiger partial charge in [0.1, 0.15) is 5.82 Å². The van der Waals surface area contributed by atoms with E-state index in [1.54, 1.807) is 6.07 Å². The van der Waals surface area contributed by atoms with Crippen LogP contribution in [-0.2, 0) is 6.54 Å². The van der Waals surface area contributed by atoms with Crippen molar-refractivity contribution in [3.8, 4) is 6.07 Å². The van der Waals surface area contributed by atoms with Crippen LogP contribution >= 0.6 is 0 Å². The smallest absolute Gasteiger partial charge is 0.127 e. The Kier molecular flexibility index (Phi) is 4.27. The average molecular weight is 254 g/mol. The highest BCUT2D eigenvalue weighted by molar-refractivity contribution is 5.33. The summed E-state index contributed by atoms with van der Waals surface area (Å²) in [5, 5.41) is 12.1. The minimum absolute atomic E-state index is 0.131. The largest absolute Gasteiger partial charge is 0.306 e. The Morgan fingerprint density at radius 1 is 1.21 bits per heavy atom. The van der Waals surface area contributed by atoms with Gasteiger partial charge in [0.25, 0.3) is 0 Å². The molecule has 1 unspecified atom stereocenters. The molecule has 0 aliphatic rings. The highest BCUT2D eigenvalue weighted by Crippen LogP contribution is 2.14. The van der Waals surface area contributed by atoms with Crippen LogP contribution in [0.5, 0.6) is 0 Å². The van der Waals surface area contributed by atoms with E-state index in [2.05, 4.69) is 5.32 Å². The molecule has 0 saturated heterocycles. The molecule has 2 nitrogen and oxygen atoms in total. The van der Waals surface area contributed by atoms with Crippen molar-refractivity contribution in [3.05, 3.63) is 71.0 Å². The quantitative estimate of drug-likeness (QED) is 0.905. The van der Waals surface area contributed by atoms with E-state index in [1.807, 2.05) is 43.3 Å². The fraction of sp³-hybridized carbons (Fsp3) is 0.188. The molecule has 0 aliphatic heterocycles. The molecule has 1 atom stereocenters. The Morgan fingerprint density at radius 2 is 1.95 bits per heavy atom. The predicted octanol–water partition coefficient (Wildman–Crippen LogP) is 3.55. The third-order valence-corrected chi connectivity index (χ3v) is 3.07. The molecule has 3 heteroatoms. The van der Waals surface area contributed by atoms with Crippen LogP contribution in [0, 0.1) is 17.1 Å². The lowest BCUT2D eigenvalue weighted by Gasteiger charge is -2.14. The van der Waals surface area contributed by atoms with Crippen LogP contribution in [0.15, 0.2) is 48.5 Å². The van der Waals surface area contributed by atoms with Crippen LogP contribution in [0.4, 0.5) is 4.39 Å². The van der Waals surface area contributed by atoms with E-state index in [0.29, 0.717) is 17.7 Å². The van der Waals surface area contributed by atoms with Crippen molar-refractivity contribution in [1.82, 2.24) is 5.32 Å². The number of benzene rings is 2. The summed E-state index contributed by atoms with van der Waals surface area (Å²) in [5.41, 5.74) is 2.15. The standard InChI is InChI=1S/C16H15FN2/c1-12(14-5-3-2-4-6-14)19-11-15-9-13(10-18)7-8-16(15)17/h2-9,12,19H,11H2,1H3. The highest BCUT2D eigenvalue weighted by Gasteiger charge is 2.07. The number of halogens is 1. The topological polar surface area (TPSA) is 35.8 Å². The van der Waals surface area contributed by atoms with E-state index in [1.165, 1.54) is 12.1 Å². The van der Waals surface area contributed by atoms with E-state index >= 15 is 0 Å². The number of hydrogen-bond acceptors (Lipinski definition) is 2. The Labute approximate surface area is 112 Å². The van der Waals surface area contributed by atoms with Gasteiger partial charge in [-0.1, -0.05) is 30.3 Å². The Hall–Kier alpha value is -2.18. The third-order valence-electron chi connectivity index (χ3n) is 3.07. The summed E-state index contributed by atoms with van der Waals surface area (Å²) in [6.45, 7) is 2.43. The highest BCUT2D eigenvalue weighted by atomic mass is 19.1. The van der Waals surface area contributed by atoms with Gasteiger partial charge >= 0.3 is 0 Å². The number of hydrogen-bond donors (Lipinski definition) is 1. The zero-order valence-electron chi connectivity index (χ0n) is 10.7. The number of rotatable bonds is 4. The van der Waals surface area contributed by atoms with Gasteiger partial charge in [-0.2, -0.15) is 5.26 Å². The van der Waals surface area contributed by atoms with Gasteiger partial charge in [0.2, 0.25) is 0 Å². The lowest BCUT2D eigenvalue weighted by Crippen LogP contribution is -2.18. The molecule has 0 aliphatic carbocycles. The average Bonchev–Trinajstić information content (AvgIpc) is 2.47. The first-order chi connectivity index (χ1) is 9.20. The molecule has 0 saturated carbocycles. The molecule has 0 spiro atoms. The molecule has 2 aromatic carbocycles. The van der Waals surface area contributed by atoms with Crippen molar-refractivity contribution in [1.29, 1.82) is 5.26 Å². The van der Waals surface area contributed by atoms with E-state index < -0.39 is 0 Å². The lowest BCUT2D eigenvalue weighted by atomic mass is 10.1. The number of nitrogens with zero attached hydrogens (tertiary/aromatic N) is 1. The molecule has 0 aromatic heterocycles. The fourth-order valence-electron chi connectivity index (χ4n) is 1.90. The second kappa shape index (κ2) is 6.12. The van der Waals surface area contributed by atoms with Crippen LogP contribution in [0.1, 0.15) is 29.7 Å². The van der Waals surface area contributed by atoms with Crippen molar-refractivity contribution < 1.29 is 4.39 Å². The Morgan fingerprint density at radius 3 is 2.63 bits per heavy atom. The van der Waals surface area contributed by atoms with Gasteiger partial charge in [-0.15, -0.1) is 0 Å². The third kappa shape index (κ3) is 3.40. The van der Waals surface area contributed by atoms with Gasteiger partial charge in [0, 0.05) is 18.2 Å². The van der Waals surface area contributed by atoms with Gasteiger partial charge in [0.15, 0.2) is 0 Å². The maximum atomic E-state index is 13.6. The van der Waals surface area contributed by atoms with E-state index in [9.17, 15) is 4.39 Å². The lowest BCUT2D eigenvalue weighted by molar-refractivity contribution is 0.544. The maximum absolute atomic E-state index is 13.6. The van der Waals surface area contributed by atoms with Crippen LogP contribution in [-0.4, -0.2) is 0 Å². The summed E-state index contributed by atoms with van der Waals surface area (Å²) < 4.78 is 13.6. The van der Waals surface area contributed by atoms with E-state index in [-0.39, 0.29) is 11.9 Å². The van der Waals surface area contributed by atoms with Crippen molar-refractivity contribution in [2.24, 2.45) is 0 Å². The van der Waals surface area contributed by atoms with Crippen LogP contribution in [0.25, 0.3) is 0 Å². The molecule has 0 amide bonds. The molecule has 2 rings (SSSR count). The molecule has 1 N–H and O–H groups in total. The fourth-order valence-corrected chi connectivity index (χ4v) is 1.90. The van der Waals surface area contributed by atoms with Crippen molar-refractivity contribution >= 4 is 0 Å². The van der Waals surface area contributed by atoms with Gasteiger partial charge in [-0.25, -0.2) is 4.39 Å². The second-order valence-corrected chi connectivity index (χ2v) is 4.43. The Balaban J connectivity index is 2.05. The first-order valence-electron chi connectivity index (χ1n) is 6.17. The molecule has 0 heterocycles. The SMILES string of the molecule is CC(NCc1cc(C#N)ccc1F)c1ccccc1. The molecule has 0 fully saturated rings. The zero-order valence-corrected chi connectivity index (χ0v) is 10.7. The van der Waals surface area contributed by atoms with Crippen LogP contribution < -0.4 is 5.32 Å². The summed E-state index contributed by atoms with van der Waals surface area (Å²) in [7, 11) is 0. The van der Waals surface area contributed by atoms with Crippen LogP contribution in [0.3, 0.4) is 0 Å². The Bertz CT molecular complexity index is 587. The molecule has 2 aromatic rings.